The highest BCUT2D eigenvalue weighted by atomic mass is 16.5. The molecule has 36 heavy (non-hydrogen) atoms. The fourth-order valence-electron chi connectivity index (χ4n) is 3.89. The molecule has 1 amide bonds. The second-order valence-electron chi connectivity index (χ2n) is 8.96. The molecule has 0 aromatic heterocycles. The van der Waals surface area contributed by atoms with E-state index < -0.39 is 18.1 Å². The average molecular weight is 493 g/mol. The van der Waals surface area contributed by atoms with Gasteiger partial charge in [0.15, 0.2) is 0 Å². The number of nitrogens with two attached hydrogens (primary N) is 1. The summed E-state index contributed by atoms with van der Waals surface area (Å²) in [6.07, 6.45) is 0.118. The van der Waals surface area contributed by atoms with Crippen LogP contribution in [-0.4, -0.2) is 65.6 Å². The maximum Gasteiger partial charge on any atom is 0.248 e. The summed E-state index contributed by atoms with van der Waals surface area (Å²) in [5, 5.41) is 21.4. The molecular formula is C29H36N2O5. The molecule has 0 heterocycles. The van der Waals surface area contributed by atoms with Crippen molar-refractivity contribution >= 4 is 5.91 Å². The molecule has 0 aliphatic carbocycles. The number of aryl methyl sites for hydroxylation is 1. The van der Waals surface area contributed by atoms with Crippen LogP contribution in [0.5, 0.6) is 11.5 Å². The van der Waals surface area contributed by atoms with E-state index in [1.54, 1.807) is 12.1 Å². The molecule has 7 nitrogen and oxygen atoms in total. The van der Waals surface area contributed by atoms with Crippen molar-refractivity contribution in [3.05, 3.63) is 96.1 Å². The van der Waals surface area contributed by atoms with Crippen LogP contribution < -0.4 is 15.2 Å². The zero-order valence-electron chi connectivity index (χ0n) is 20.7. The number of para-hydroxylation sites is 2. The Balaban J connectivity index is 1.57. The van der Waals surface area contributed by atoms with Crippen molar-refractivity contribution in [2.75, 3.05) is 26.3 Å². The molecule has 3 aromatic rings. The number of carbonyl (C=O) groups excluding carboxylic acids is 1. The molecule has 0 fully saturated rings. The van der Waals surface area contributed by atoms with Crippen molar-refractivity contribution in [3.63, 3.8) is 0 Å². The Bertz CT molecular complexity index is 979. The molecule has 0 radical (unpaired) electrons. The normalized spacial score (nSPS) is 13.7. The van der Waals surface area contributed by atoms with Gasteiger partial charge in [-0.2, -0.15) is 0 Å². The second kappa shape index (κ2) is 14.2. The lowest BCUT2D eigenvalue weighted by atomic mass is 10.0. The van der Waals surface area contributed by atoms with Crippen LogP contribution in [0.4, 0.5) is 0 Å². The summed E-state index contributed by atoms with van der Waals surface area (Å²) in [7, 11) is 0. The van der Waals surface area contributed by atoms with Crippen molar-refractivity contribution in [2.24, 2.45) is 5.73 Å². The quantitative estimate of drug-likeness (QED) is 0.301. The smallest absolute Gasteiger partial charge is 0.248 e. The first-order valence-electron chi connectivity index (χ1n) is 12.3. The predicted molar refractivity (Wildman–Crippen MR) is 140 cm³/mol. The van der Waals surface area contributed by atoms with E-state index in [4.69, 9.17) is 15.2 Å². The lowest BCUT2D eigenvalue weighted by Crippen LogP contribution is -2.46. The van der Waals surface area contributed by atoms with E-state index in [1.807, 2.05) is 72.8 Å². The summed E-state index contributed by atoms with van der Waals surface area (Å²) < 4.78 is 11.4. The van der Waals surface area contributed by atoms with Gasteiger partial charge in [-0.25, -0.2) is 0 Å². The summed E-state index contributed by atoms with van der Waals surface area (Å²) in [6.45, 7) is 3.07. The van der Waals surface area contributed by atoms with E-state index >= 15 is 0 Å². The molecule has 3 aromatic carbocycles. The third-order valence-electron chi connectivity index (χ3n) is 5.97. The van der Waals surface area contributed by atoms with Crippen molar-refractivity contribution in [3.8, 4) is 11.5 Å². The first kappa shape index (κ1) is 27.2. The zero-order chi connectivity index (χ0) is 25.8. The minimum atomic E-state index is -0.732. The van der Waals surface area contributed by atoms with Crippen LogP contribution in [0.1, 0.15) is 29.3 Å². The highest BCUT2D eigenvalue weighted by Crippen LogP contribution is 2.15. The number of aliphatic hydroxyl groups is 2. The van der Waals surface area contributed by atoms with Gasteiger partial charge < -0.3 is 25.4 Å². The van der Waals surface area contributed by atoms with Gasteiger partial charge in [0.2, 0.25) is 5.91 Å². The molecule has 192 valence electrons. The number of aliphatic hydroxyl groups excluding tert-OH is 2. The highest BCUT2D eigenvalue weighted by molar-refractivity contribution is 5.92. The van der Waals surface area contributed by atoms with E-state index in [2.05, 4.69) is 11.8 Å². The third-order valence-corrected chi connectivity index (χ3v) is 5.97. The Hall–Kier alpha value is -3.39. The largest absolute Gasteiger partial charge is 0.491 e. The molecule has 0 aliphatic rings. The minimum absolute atomic E-state index is 0.0681. The Morgan fingerprint density at radius 2 is 1.28 bits per heavy atom. The summed E-state index contributed by atoms with van der Waals surface area (Å²) >= 11 is 0. The number of benzene rings is 3. The van der Waals surface area contributed by atoms with Crippen LogP contribution in [0.3, 0.4) is 0 Å². The summed E-state index contributed by atoms with van der Waals surface area (Å²) in [5.41, 5.74) is 6.90. The number of primary amides is 1. The molecule has 0 aliphatic heterocycles. The topological polar surface area (TPSA) is 105 Å². The summed E-state index contributed by atoms with van der Waals surface area (Å²) in [4.78, 5) is 13.4. The molecule has 7 heteroatoms. The summed E-state index contributed by atoms with van der Waals surface area (Å²) in [5.74, 6) is 0.957. The van der Waals surface area contributed by atoms with Crippen molar-refractivity contribution < 1.29 is 24.5 Å². The Morgan fingerprint density at radius 1 is 0.806 bits per heavy atom. The number of carbonyl (C=O) groups is 1. The maximum atomic E-state index is 11.3. The number of hydrogen-bond donors (Lipinski definition) is 3. The number of rotatable bonds is 15. The van der Waals surface area contributed by atoms with Gasteiger partial charge >= 0.3 is 0 Å². The molecule has 0 bridgehead atoms. The van der Waals surface area contributed by atoms with E-state index in [0.29, 0.717) is 30.2 Å². The Kier molecular flexibility index (Phi) is 10.8. The van der Waals surface area contributed by atoms with Crippen LogP contribution in [0.15, 0.2) is 84.9 Å². The SMILES string of the molecule is C[C@H](CCc1ccc(C(N)=O)cc1)N(C[C@H](O)COc1ccccc1)C[C@H](O)COc1ccccc1. The Labute approximate surface area is 213 Å². The number of amides is 1. The highest BCUT2D eigenvalue weighted by Gasteiger charge is 2.22. The fraction of sp³-hybridized carbons (Fsp3) is 0.345. The minimum Gasteiger partial charge on any atom is -0.491 e. The third kappa shape index (κ3) is 9.34. The standard InChI is InChI=1S/C29H36N2O5/c1-22(12-13-23-14-16-24(17-15-23)29(30)34)31(18-25(32)20-35-27-8-4-2-5-9-27)19-26(33)21-36-28-10-6-3-7-11-28/h2-11,14-17,22,25-26,32-33H,12-13,18-21H2,1H3,(H2,30,34)/t22-,25+,26+/m1/s1. The molecule has 4 N–H and O–H groups in total. The molecule has 3 atom stereocenters. The predicted octanol–water partition coefficient (Wildman–Crippen LogP) is 3.29. The lowest BCUT2D eigenvalue weighted by Gasteiger charge is -2.32. The molecular weight excluding hydrogens is 456 g/mol. The fourth-order valence-corrected chi connectivity index (χ4v) is 3.89. The first-order chi connectivity index (χ1) is 17.4. The first-order valence-corrected chi connectivity index (χ1v) is 12.3. The van der Waals surface area contributed by atoms with Crippen molar-refractivity contribution in [1.29, 1.82) is 0 Å². The number of ether oxygens (including phenoxy) is 2. The molecule has 0 saturated heterocycles. The molecule has 0 spiro atoms. The Morgan fingerprint density at radius 3 is 1.72 bits per heavy atom. The van der Waals surface area contributed by atoms with E-state index in [-0.39, 0.29) is 19.3 Å². The van der Waals surface area contributed by atoms with Gasteiger partial charge in [-0.3, -0.25) is 9.69 Å². The van der Waals surface area contributed by atoms with Gasteiger partial charge in [-0.1, -0.05) is 48.5 Å². The maximum absolute atomic E-state index is 11.3. The monoisotopic (exact) mass is 492 g/mol. The number of nitrogens with zero attached hydrogens (tertiary/aromatic N) is 1. The number of hydrogen-bond acceptors (Lipinski definition) is 6. The van der Waals surface area contributed by atoms with Crippen LogP contribution in [-0.2, 0) is 6.42 Å². The second-order valence-corrected chi connectivity index (χ2v) is 8.96. The average Bonchev–Trinajstić information content (AvgIpc) is 2.90. The van der Waals surface area contributed by atoms with E-state index in [0.717, 1.165) is 18.4 Å². The summed E-state index contributed by atoms with van der Waals surface area (Å²) in [6, 6.07) is 26.1. The van der Waals surface area contributed by atoms with E-state index in [9.17, 15) is 15.0 Å². The van der Waals surface area contributed by atoms with Gasteiger partial charge in [0.1, 0.15) is 36.9 Å². The van der Waals surface area contributed by atoms with Gasteiger partial charge in [0.05, 0.1) is 0 Å². The van der Waals surface area contributed by atoms with Crippen LogP contribution in [0, 0.1) is 0 Å². The molecule has 0 saturated carbocycles. The molecule has 3 rings (SSSR count). The van der Waals surface area contributed by atoms with Crippen LogP contribution in [0.25, 0.3) is 0 Å². The van der Waals surface area contributed by atoms with Gasteiger partial charge in [0, 0.05) is 24.7 Å². The van der Waals surface area contributed by atoms with E-state index in [1.165, 1.54) is 0 Å². The molecule has 0 unspecified atom stereocenters. The van der Waals surface area contributed by atoms with Crippen LogP contribution in [0.2, 0.25) is 0 Å². The van der Waals surface area contributed by atoms with Crippen molar-refractivity contribution in [2.45, 2.75) is 38.0 Å². The van der Waals surface area contributed by atoms with Gasteiger partial charge in [-0.05, 0) is 61.7 Å². The van der Waals surface area contributed by atoms with Crippen LogP contribution >= 0.6 is 0 Å². The van der Waals surface area contributed by atoms with Crippen molar-refractivity contribution in [1.82, 2.24) is 4.90 Å². The zero-order valence-corrected chi connectivity index (χ0v) is 20.7. The van der Waals surface area contributed by atoms with Gasteiger partial charge in [0.25, 0.3) is 0 Å². The van der Waals surface area contributed by atoms with Gasteiger partial charge in [-0.15, -0.1) is 0 Å². The lowest BCUT2D eigenvalue weighted by molar-refractivity contribution is 0.0154.